The quantitative estimate of drug-likeness (QED) is 0.445. The Hall–Kier alpha value is -3.99. The topological polar surface area (TPSA) is 52.7 Å². The van der Waals surface area contributed by atoms with Gasteiger partial charge in [-0.1, -0.05) is 36.4 Å². The van der Waals surface area contributed by atoms with E-state index in [4.69, 9.17) is 4.98 Å². The van der Waals surface area contributed by atoms with Crippen LogP contribution in [-0.4, -0.2) is 19.1 Å². The molecule has 3 heterocycles. The molecule has 0 aliphatic carbocycles. The minimum absolute atomic E-state index is 0.131. The van der Waals surface area contributed by atoms with Gasteiger partial charge in [-0.15, -0.1) is 0 Å². The maximum absolute atomic E-state index is 13.3. The summed E-state index contributed by atoms with van der Waals surface area (Å²) in [6, 6.07) is 21.2. The largest absolute Gasteiger partial charge is 0.347 e. The van der Waals surface area contributed by atoms with Gasteiger partial charge in [0.2, 0.25) is 0 Å². The number of nitrogens with zero attached hydrogens (tertiary/aromatic N) is 4. The number of fused-ring (bicyclic) bond motifs is 2. The Balaban J connectivity index is 1.76. The lowest BCUT2D eigenvalue weighted by Gasteiger charge is -2.10. The molecule has 0 N–H and O–H groups in total. The maximum Gasteiger partial charge on any atom is 0.267 e. The molecule has 0 saturated carbocycles. The van der Waals surface area contributed by atoms with Crippen LogP contribution in [0, 0.1) is 6.92 Å². The minimum Gasteiger partial charge on any atom is -0.347 e. The SMILES string of the molecule is Cc1c(/C=C/c2nc3ccccc3c(=O)n2-c2ccccn2)c2ccccc2n1C. The van der Waals surface area contributed by atoms with E-state index in [1.54, 1.807) is 16.8 Å². The second kappa shape index (κ2) is 7.12. The Morgan fingerprint density at radius 3 is 2.40 bits per heavy atom. The highest BCUT2D eigenvalue weighted by Gasteiger charge is 2.13. The van der Waals surface area contributed by atoms with Crippen molar-refractivity contribution >= 4 is 34.0 Å². The molecule has 0 bridgehead atoms. The molecule has 5 aromatic rings. The lowest BCUT2D eigenvalue weighted by Crippen LogP contribution is -2.23. The molecule has 5 rings (SSSR count). The van der Waals surface area contributed by atoms with Crippen molar-refractivity contribution in [2.45, 2.75) is 6.92 Å². The van der Waals surface area contributed by atoms with Gasteiger partial charge in [-0.2, -0.15) is 0 Å². The number of para-hydroxylation sites is 2. The third-order valence-corrected chi connectivity index (χ3v) is 5.53. The molecule has 0 amide bonds. The van der Waals surface area contributed by atoms with E-state index >= 15 is 0 Å². The van der Waals surface area contributed by atoms with Crippen LogP contribution in [0.5, 0.6) is 0 Å². The van der Waals surface area contributed by atoms with E-state index in [0.29, 0.717) is 22.5 Å². The fourth-order valence-electron chi connectivity index (χ4n) is 3.89. The summed E-state index contributed by atoms with van der Waals surface area (Å²) in [4.78, 5) is 22.5. The summed E-state index contributed by atoms with van der Waals surface area (Å²) in [7, 11) is 2.06. The van der Waals surface area contributed by atoms with Gasteiger partial charge in [0, 0.05) is 35.4 Å². The van der Waals surface area contributed by atoms with Gasteiger partial charge in [-0.3, -0.25) is 4.79 Å². The Morgan fingerprint density at radius 2 is 1.60 bits per heavy atom. The van der Waals surface area contributed by atoms with Crippen LogP contribution in [-0.2, 0) is 7.05 Å². The third kappa shape index (κ3) is 2.83. The van der Waals surface area contributed by atoms with Crippen molar-refractivity contribution in [2.24, 2.45) is 7.05 Å². The Kier molecular flexibility index (Phi) is 4.29. The van der Waals surface area contributed by atoms with Crippen molar-refractivity contribution in [3.8, 4) is 5.82 Å². The van der Waals surface area contributed by atoms with E-state index in [1.807, 2.05) is 60.7 Å². The van der Waals surface area contributed by atoms with Crippen LogP contribution in [0.1, 0.15) is 17.1 Å². The fraction of sp³-hybridized carbons (Fsp3) is 0.0800. The number of benzene rings is 2. The first kappa shape index (κ1) is 18.1. The summed E-state index contributed by atoms with van der Waals surface area (Å²) in [5, 5.41) is 1.74. The molecule has 0 atom stereocenters. The number of aromatic nitrogens is 4. The van der Waals surface area contributed by atoms with Crippen LogP contribution < -0.4 is 5.56 Å². The van der Waals surface area contributed by atoms with Gasteiger partial charge in [0.25, 0.3) is 5.56 Å². The molecule has 30 heavy (non-hydrogen) atoms. The maximum atomic E-state index is 13.3. The van der Waals surface area contributed by atoms with Gasteiger partial charge >= 0.3 is 0 Å². The normalized spacial score (nSPS) is 11.7. The van der Waals surface area contributed by atoms with Crippen LogP contribution in [0.25, 0.3) is 39.8 Å². The van der Waals surface area contributed by atoms with Crippen molar-refractivity contribution in [1.82, 2.24) is 19.1 Å². The molecule has 5 heteroatoms. The summed E-state index contributed by atoms with van der Waals surface area (Å²) in [6.45, 7) is 2.10. The van der Waals surface area contributed by atoms with Crippen molar-refractivity contribution in [3.05, 3.63) is 100 Å². The second-order valence-electron chi connectivity index (χ2n) is 7.22. The summed E-state index contributed by atoms with van der Waals surface area (Å²) in [5.41, 5.74) is 3.98. The molecule has 0 aliphatic heterocycles. The van der Waals surface area contributed by atoms with Crippen molar-refractivity contribution in [2.75, 3.05) is 0 Å². The molecule has 3 aromatic heterocycles. The van der Waals surface area contributed by atoms with Crippen molar-refractivity contribution in [3.63, 3.8) is 0 Å². The first-order chi connectivity index (χ1) is 14.6. The smallest absolute Gasteiger partial charge is 0.267 e. The van der Waals surface area contributed by atoms with Crippen molar-refractivity contribution in [1.29, 1.82) is 0 Å². The predicted molar refractivity (Wildman–Crippen MR) is 122 cm³/mol. The van der Waals surface area contributed by atoms with Gasteiger partial charge in [-0.25, -0.2) is 14.5 Å². The highest BCUT2D eigenvalue weighted by atomic mass is 16.1. The Morgan fingerprint density at radius 1 is 0.867 bits per heavy atom. The van der Waals surface area contributed by atoms with Gasteiger partial charge in [0.1, 0.15) is 11.6 Å². The second-order valence-corrected chi connectivity index (χ2v) is 7.22. The molecule has 146 valence electrons. The first-order valence-corrected chi connectivity index (χ1v) is 9.80. The molecule has 2 aromatic carbocycles. The first-order valence-electron chi connectivity index (χ1n) is 9.80. The van der Waals surface area contributed by atoms with E-state index in [1.165, 1.54) is 10.9 Å². The lowest BCUT2D eigenvalue weighted by molar-refractivity contribution is 0.904. The average molecular weight is 392 g/mol. The monoisotopic (exact) mass is 392 g/mol. The zero-order valence-electron chi connectivity index (χ0n) is 16.8. The predicted octanol–water partition coefficient (Wildman–Crippen LogP) is 4.75. The lowest BCUT2D eigenvalue weighted by atomic mass is 10.1. The molecular formula is C25H20N4O. The number of hydrogen-bond donors (Lipinski definition) is 0. The summed E-state index contributed by atoms with van der Waals surface area (Å²) in [5.74, 6) is 1.10. The van der Waals surface area contributed by atoms with Gasteiger partial charge in [0.15, 0.2) is 0 Å². The standard InChI is InChI=1S/C25H20N4O/c1-17-18(19-9-4-6-12-22(19)28(17)2)14-15-24-27-21-11-5-3-10-20(21)25(30)29(24)23-13-7-8-16-26-23/h3-16H,1-2H3/b15-14+. The average Bonchev–Trinajstić information content (AvgIpc) is 3.03. The zero-order chi connectivity index (χ0) is 20.7. The number of rotatable bonds is 3. The molecule has 0 aliphatic rings. The molecule has 0 fully saturated rings. The van der Waals surface area contributed by atoms with Crippen LogP contribution in [0.3, 0.4) is 0 Å². The van der Waals surface area contributed by atoms with E-state index in [9.17, 15) is 4.79 Å². The van der Waals surface area contributed by atoms with Gasteiger partial charge in [0.05, 0.1) is 10.9 Å². The van der Waals surface area contributed by atoms with E-state index in [-0.39, 0.29) is 5.56 Å². The molecule has 0 unspecified atom stereocenters. The summed E-state index contributed by atoms with van der Waals surface area (Å²) < 4.78 is 3.74. The van der Waals surface area contributed by atoms with Crippen molar-refractivity contribution < 1.29 is 0 Å². The summed E-state index contributed by atoms with van der Waals surface area (Å²) >= 11 is 0. The molecule has 0 radical (unpaired) electrons. The highest BCUT2D eigenvalue weighted by molar-refractivity contribution is 5.93. The molecule has 0 spiro atoms. The third-order valence-electron chi connectivity index (χ3n) is 5.53. The van der Waals surface area contributed by atoms with E-state index < -0.39 is 0 Å². The fourth-order valence-corrected chi connectivity index (χ4v) is 3.89. The number of aryl methyl sites for hydroxylation is 1. The summed E-state index contributed by atoms with van der Waals surface area (Å²) in [6.07, 6.45) is 5.62. The van der Waals surface area contributed by atoms with Crippen LogP contribution in [0.4, 0.5) is 0 Å². The minimum atomic E-state index is -0.131. The zero-order valence-corrected chi connectivity index (χ0v) is 16.8. The van der Waals surface area contributed by atoms with Crippen LogP contribution in [0.2, 0.25) is 0 Å². The molecular weight excluding hydrogens is 372 g/mol. The van der Waals surface area contributed by atoms with Gasteiger partial charge < -0.3 is 4.57 Å². The highest BCUT2D eigenvalue weighted by Crippen LogP contribution is 2.26. The van der Waals surface area contributed by atoms with Crippen LogP contribution in [0.15, 0.2) is 77.7 Å². The van der Waals surface area contributed by atoms with Gasteiger partial charge in [-0.05, 0) is 49.4 Å². The van der Waals surface area contributed by atoms with Crippen LogP contribution >= 0.6 is 0 Å². The molecule has 5 nitrogen and oxygen atoms in total. The Bertz CT molecular complexity index is 1480. The van der Waals surface area contributed by atoms with E-state index in [0.717, 1.165) is 11.3 Å². The van der Waals surface area contributed by atoms with E-state index in [2.05, 4.69) is 35.7 Å². The number of hydrogen-bond acceptors (Lipinski definition) is 3. The Labute approximate surface area is 173 Å². The number of pyridine rings is 1. The molecule has 0 saturated heterocycles.